The van der Waals surface area contributed by atoms with Crippen molar-refractivity contribution in [1.29, 1.82) is 0 Å². The summed E-state index contributed by atoms with van der Waals surface area (Å²) in [4.78, 5) is 22.9. The van der Waals surface area contributed by atoms with E-state index in [9.17, 15) is 9.59 Å². The van der Waals surface area contributed by atoms with E-state index in [1.54, 1.807) is 0 Å². The average Bonchev–Trinajstić information content (AvgIpc) is 2.48. The Kier molecular flexibility index (Phi) is 8.07. The zero-order valence-corrected chi connectivity index (χ0v) is 13.6. The summed E-state index contributed by atoms with van der Waals surface area (Å²) in [6.45, 7) is 6.73. The van der Waals surface area contributed by atoms with Gasteiger partial charge in [0.25, 0.3) is 0 Å². The number of hydrogen-bond donors (Lipinski definition) is 2. The van der Waals surface area contributed by atoms with Crippen LogP contribution >= 0.6 is 0 Å². The van der Waals surface area contributed by atoms with Crippen LogP contribution in [-0.4, -0.2) is 49.5 Å². The molecule has 0 heterocycles. The maximum Gasteiger partial charge on any atom is 0.335 e. The standard InChI is InChI=1S/C16H23NO6/c1-4-21-7-8-22-10-15(18)17-13-9-12(16(19)20)5-6-14(13)23-11(2)3/h5-6,9,11H,4,7-8,10H2,1-3H3,(H,17,18)(H,19,20). The molecule has 0 aliphatic heterocycles. The number of ether oxygens (including phenoxy) is 3. The SMILES string of the molecule is CCOCCOCC(=O)Nc1cc(C(=O)O)ccc1OC(C)C. The van der Waals surface area contributed by atoms with Crippen LogP contribution in [0.3, 0.4) is 0 Å². The monoisotopic (exact) mass is 325 g/mol. The number of amides is 1. The lowest BCUT2D eigenvalue weighted by Gasteiger charge is -2.15. The van der Waals surface area contributed by atoms with Crippen LogP contribution in [0.1, 0.15) is 31.1 Å². The van der Waals surface area contributed by atoms with Gasteiger partial charge in [0.1, 0.15) is 12.4 Å². The first-order valence-corrected chi connectivity index (χ1v) is 7.43. The minimum Gasteiger partial charge on any atom is -0.489 e. The molecule has 0 saturated carbocycles. The number of carboxylic acid groups (broad SMARTS) is 1. The molecule has 128 valence electrons. The number of rotatable bonds is 10. The molecular weight excluding hydrogens is 302 g/mol. The summed E-state index contributed by atoms with van der Waals surface area (Å²) in [6.07, 6.45) is -0.108. The fourth-order valence-corrected chi connectivity index (χ4v) is 1.73. The van der Waals surface area contributed by atoms with Gasteiger partial charge in [-0.25, -0.2) is 4.79 Å². The fourth-order valence-electron chi connectivity index (χ4n) is 1.73. The molecule has 0 spiro atoms. The first-order valence-electron chi connectivity index (χ1n) is 7.43. The van der Waals surface area contributed by atoms with Crippen LogP contribution in [0.15, 0.2) is 18.2 Å². The van der Waals surface area contributed by atoms with Crippen LogP contribution in [0.5, 0.6) is 5.75 Å². The molecule has 1 aromatic carbocycles. The molecule has 0 fully saturated rings. The molecule has 23 heavy (non-hydrogen) atoms. The van der Waals surface area contributed by atoms with Crippen molar-refractivity contribution in [3.63, 3.8) is 0 Å². The number of carbonyl (C=O) groups is 2. The molecule has 1 rings (SSSR count). The zero-order chi connectivity index (χ0) is 17.2. The maximum atomic E-state index is 11.9. The second-order valence-corrected chi connectivity index (χ2v) is 4.98. The Bertz CT molecular complexity index is 529. The summed E-state index contributed by atoms with van der Waals surface area (Å²) < 4.78 is 15.8. The molecule has 7 heteroatoms. The van der Waals surface area contributed by atoms with E-state index >= 15 is 0 Å². The summed E-state index contributed by atoms with van der Waals surface area (Å²) in [5, 5.41) is 11.7. The third-order valence-corrected chi connectivity index (χ3v) is 2.67. The largest absolute Gasteiger partial charge is 0.489 e. The maximum absolute atomic E-state index is 11.9. The first kappa shape index (κ1) is 18.9. The molecule has 0 bridgehead atoms. The van der Waals surface area contributed by atoms with Gasteiger partial charge >= 0.3 is 5.97 Å². The summed E-state index contributed by atoms with van der Waals surface area (Å²) in [5.41, 5.74) is 0.366. The van der Waals surface area contributed by atoms with Gasteiger partial charge in [-0.2, -0.15) is 0 Å². The van der Waals surface area contributed by atoms with E-state index in [1.165, 1.54) is 18.2 Å². The molecular formula is C16H23NO6. The Labute approximate surface area is 135 Å². The molecule has 0 radical (unpaired) electrons. The third kappa shape index (κ3) is 7.12. The predicted molar refractivity (Wildman–Crippen MR) is 85.1 cm³/mol. The van der Waals surface area contributed by atoms with Gasteiger partial charge in [0.2, 0.25) is 5.91 Å². The molecule has 2 N–H and O–H groups in total. The topological polar surface area (TPSA) is 94.1 Å². The van der Waals surface area contributed by atoms with Crippen molar-refractivity contribution in [2.45, 2.75) is 26.9 Å². The number of nitrogens with one attached hydrogen (secondary N) is 1. The second kappa shape index (κ2) is 9.81. The second-order valence-electron chi connectivity index (χ2n) is 4.98. The number of anilines is 1. The van der Waals surface area contributed by atoms with E-state index in [4.69, 9.17) is 19.3 Å². The van der Waals surface area contributed by atoms with Crippen molar-refractivity contribution >= 4 is 17.6 Å². The molecule has 0 atom stereocenters. The van der Waals surface area contributed by atoms with Gasteiger partial charge in [-0.3, -0.25) is 4.79 Å². The lowest BCUT2D eigenvalue weighted by Crippen LogP contribution is -2.21. The molecule has 1 amide bonds. The Morgan fingerprint density at radius 3 is 2.52 bits per heavy atom. The summed E-state index contributed by atoms with van der Waals surface area (Å²) in [5.74, 6) is -1.06. The molecule has 1 aromatic rings. The molecule has 0 saturated heterocycles. The van der Waals surface area contributed by atoms with Crippen LogP contribution < -0.4 is 10.1 Å². The van der Waals surface area contributed by atoms with Crippen molar-refractivity contribution in [1.82, 2.24) is 0 Å². The highest BCUT2D eigenvalue weighted by Crippen LogP contribution is 2.27. The molecule has 0 aromatic heterocycles. The smallest absolute Gasteiger partial charge is 0.335 e. The number of carboxylic acids is 1. The Hall–Kier alpha value is -2.12. The summed E-state index contributed by atoms with van der Waals surface area (Å²) in [7, 11) is 0. The highest BCUT2D eigenvalue weighted by atomic mass is 16.5. The number of hydrogen-bond acceptors (Lipinski definition) is 5. The van der Waals surface area contributed by atoms with Crippen molar-refractivity contribution in [3.8, 4) is 5.75 Å². The van der Waals surface area contributed by atoms with Gasteiger partial charge in [0.05, 0.1) is 30.6 Å². The van der Waals surface area contributed by atoms with Crippen LogP contribution in [-0.2, 0) is 14.3 Å². The van der Waals surface area contributed by atoms with E-state index in [0.717, 1.165) is 0 Å². The predicted octanol–water partition coefficient (Wildman–Crippen LogP) is 2.16. The summed E-state index contributed by atoms with van der Waals surface area (Å²) in [6, 6.07) is 4.31. The third-order valence-electron chi connectivity index (χ3n) is 2.67. The normalized spacial score (nSPS) is 10.6. The van der Waals surface area contributed by atoms with Crippen molar-refractivity contribution in [3.05, 3.63) is 23.8 Å². The molecule has 0 aliphatic rings. The minimum absolute atomic E-state index is 0.0636. The van der Waals surface area contributed by atoms with E-state index < -0.39 is 11.9 Å². The molecule has 0 unspecified atom stereocenters. The average molecular weight is 325 g/mol. The number of carbonyl (C=O) groups excluding carboxylic acids is 1. The van der Waals surface area contributed by atoms with Crippen molar-refractivity contribution in [2.24, 2.45) is 0 Å². The van der Waals surface area contributed by atoms with Gasteiger partial charge < -0.3 is 24.6 Å². The van der Waals surface area contributed by atoms with Crippen molar-refractivity contribution < 1.29 is 28.9 Å². The minimum atomic E-state index is -1.08. The Morgan fingerprint density at radius 2 is 1.91 bits per heavy atom. The van der Waals surface area contributed by atoms with Crippen LogP contribution in [0.2, 0.25) is 0 Å². The van der Waals surface area contributed by atoms with Crippen LogP contribution in [0.4, 0.5) is 5.69 Å². The molecule has 7 nitrogen and oxygen atoms in total. The van der Waals surface area contributed by atoms with Gasteiger partial charge in [-0.05, 0) is 39.0 Å². The highest BCUT2D eigenvalue weighted by molar-refractivity contribution is 5.96. The van der Waals surface area contributed by atoms with Gasteiger partial charge in [-0.15, -0.1) is 0 Å². The van der Waals surface area contributed by atoms with Crippen molar-refractivity contribution in [2.75, 3.05) is 31.7 Å². The van der Waals surface area contributed by atoms with Gasteiger partial charge in [0, 0.05) is 6.61 Å². The van der Waals surface area contributed by atoms with E-state index in [-0.39, 0.29) is 18.3 Å². The molecule has 0 aliphatic carbocycles. The van der Waals surface area contributed by atoms with Gasteiger partial charge in [0.15, 0.2) is 0 Å². The van der Waals surface area contributed by atoms with Gasteiger partial charge in [-0.1, -0.05) is 0 Å². The summed E-state index contributed by atoms with van der Waals surface area (Å²) >= 11 is 0. The first-order chi connectivity index (χ1) is 10.9. The zero-order valence-electron chi connectivity index (χ0n) is 13.6. The van der Waals surface area contributed by atoms with Crippen LogP contribution in [0.25, 0.3) is 0 Å². The van der Waals surface area contributed by atoms with E-state index in [0.29, 0.717) is 31.3 Å². The van der Waals surface area contributed by atoms with E-state index in [1.807, 2.05) is 20.8 Å². The fraction of sp³-hybridized carbons (Fsp3) is 0.500. The quantitative estimate of drug-likeness (QED) is 0.640. The van der Waals surface area contributed by atoms with Crippen LogP contribution in [0, 0.1) is 0 Å². The lowest BCUT2D eigenvalue weighted by molar-refractivity contribution is -0.121. The Balaban J connectivity index is 2.69. The van der Waals surface area contributed by atoms with E-state index in [2.05, 4.69) is 5.32 Å². The number of aromatic carboxylic acids is 1. The Morgan fingerprint density at radius 1 is 1.22 bits per heavy atom. The number of benzene rings is 1. The lowest BCUT2D eigenvalue weighted by atomic mass is 10.2. The highest BCUT2D eigenvalue weighted by Gasteiger charge is 2.13.